The van der Waals surface area contributed by atoms with Crippen LogP contribution in [-0.4, -0.2) is 17.5 Å². The van der Waals surface area contributed by atoms with E-state index in [1.165, 1.54) is 0 Å². The van der Waals surface area contributed by atoms with Gasteiger partial charge in [0.1, 0.15) is 17.5 Å². The first-order valence-electron chi connectivity index (χ1n) is 7.40. The molecule has 2 fully saturated rings. The van der Waals surface area contributed by atoms with Crippen LogP contribution in [0.15, 0.2) is 24.3 Å². The molecule has 1 saturated heterocycles. The average molecular weight is 341 g/mol. The summed E-state index contributed by atoms with van der Waals surface area (Å²) in [6, 6.07) is 5.34. The topological polar surface area (TPSA) is 35.5 Å². The normalized spacial score (nSPS) is 35.1. The number of carbonyl (C=O) groups is 1. The first kappa shape index (κ1) is 16.0. The van der Waals surface area contributed by atoms with Crippen LogP contribution >= 0.6 is 23.2 Å². The standard InChI is InChI=1S/C17H18Cl2O3/c1-10-15(20)7-12-8-16(10)21-22-17(12,2)6-5-11-3-4-13(18)9-14(11)19/h3-6,9-10,12,16H,7-8H2,1-2H3. The predicted octanol–water partition coefficient (Wildman–Crippen LogP) is 4.71. The van der Waals surface area contributed by atoms with Crippen molar-refractivity contribution in [1.29, 1.82) is 0 Å². The van der Waals surface area contributed by atoms with Gasteiger partial charge in [-0.3, -0.25) is 4.79 Å². The summed E-state index contributed by atoms with van der Waals surface area (Å²) >= 11 is 12.1. The number of halogens is 2. The molecule has 118 valence electrons. The molecule has 1 aromatic carbocycles. The SMILES string of the molecule is CC1C(=O)CC2CC1OOC2(C)C=Cc1ccc(Cl)cc1Cl. The zero-order valence-corrected chi connectivity index (χ0v) is 14.0. The number of hydrogen-bond donors (Lipinski definition) is 0. The minimum absolute atomic E-state index is 0.0875. The Bertz CT molecular complexity index is 628. The third-order valence-electron chi connectivity index (χ3n) is 4.75. The fourth-order valence-corrected chi connectivity index (χ4v) is 3.52. The molecule has 1 heterocycles. The Labute approximate surface area is 140 Å². The van der Waals surface area contributed by atoms with Gasteiger partial charge in [-0.05, 0) is 37.1 Å². The van der Waals surface area contributed by atoms with E-state index in [0.29, 0.717) is 16.5 Å². The quantitative estimate of drug-likeness (QED) is 0.731. The van der Waals surface area contributed by atoms with E-state index >= 15 is 0 Å². The number of rotatable bonds is 2. The highest BCUT2D eigenvalue weighted by Gasteiger charge is 2.48. The van der Waals surface area contributed by atoms with Gasteiger partial charge in [-0.15, -0.1) is 0 Å². The molecule has 3 nitrogen and oxygen atoms in total. The minimum Gasteiger partial charge on any atom is -0.299 e. The Morgan fingerprint density at radius 2 is 2.14 bits per heavy atom. The summed E-state index contributed by atoms with van der Waals surface area (Å²) in [6.07, 6.45) is 5.04. The van der Waals surface area contributed by atoms with Gasteiger partial charge in [-0.25, -0.2) is 9.78 Å². The highest BCUT2D eigenvalue weighted by atomic mass is 35.5. The highest BCUT2D eigenvalue weighted by Crippen LogP contribution is 2.43. The fraction of sp³-hybridized carbons (Fsp3) is 0.471. The summed E-state index contributed by atoms with van der Waals surface area (Å²) in [5.41, 5.74) is 0.225. The molecule has 1 aliphatic heterocycles. The Morgan fingerprint density at radius 3 is 2.86 bits per heavy atom. The van der Waals surface area contributed by atoms with Crippen LogP contribution in [0.25, 0.3) is 6.08 Å². The molecular formula is C17H18Cl2O3. The van der Waals surface area contributed by atoms with Gasteiger partial charge in [0.25, 0.3) is 0 Å². The molecule has 4 unspecified atom stereocenters. The van der Waals surface area contributed by atoms with Gasteiger partial charge in [0.15, 0.2) is 0 Å². The van der Waals surface area contributed by atoms with E-state index < -0.39 is 5.60 Å². The van der Waals surface area contributed by atoms with Crippen molar-refractivity contribution in [3.8, 4) is 0 Å². The molecule has 4 atom stereocenters. The summed E-state index contributed by atoms with van der Waals surface area (Å²) in [6.45, 7) is 3.84. The maximum Gasteiger partial charge on any atom is 0.138 e. The van der Waals surface area contributed by atoms with E-state index in [2.05, 4.69) is 0 Å². The van der Waals surface area contributed by atoms with E-state index in [1.807, 2.05) is 32.1 Å². The van der Waals surface area contributed by atoms with Crippen molar-refractivity contribution in [2.45, 2.75) is 38.4 Å². The van der Waals surface area contributed by atoms with E-state index in [9.17, 15) is 4.79 Å². The minimum atomic E-state index is -0.630. The van der Waals surface area contributed by atoms with Crippen molar-refractivity contribution in [3.05, 3.63) is 39.9 Å². The van der Waals surface area contributed by atoms with Crippen LogP contribution in [0.2, 0.25) is 10.0 Å². The third kappa shape index (κ3) is 2.95. The van der Waals surface area contributed by atoms with Crippen molar-refractivity contribution in [3.63, 3.8) is 0 Å². The van der Waals surface area contributed by atoms with Crippen LogP contribution in [0.5, 0.6) is 0 Å². The van der Waals surface area contributed by atoms with Crippen LogP contribution in [0.3, 0.4) is 0 Å². The smallest absolute Gasteiger partial charge is 0.138 e. The molecule has 0 amide bonds. The van der Waals surface area contributed by atoms with Crippen LogP contribution in [0, 0.1) is 11.8 Å². The molecule has 1 aliphatic carbocycles. The van der Waals surface area contributed by atoms with Crippen LogP contribution in [0.4, 0.5) is 0 Å². The lowest BCUT2D eigenvalue weighted by Gasteiger charge is -2.45. The lowest BCUT2D eigenvalue weighted by molar-refractivity contribution is -0.415. The number of Topliss-reactive ketones (excluding diaryl/α,β-unsaturated/α-hetero) is 1. The molecule has 1 aromatic rings. The average Bonchev–Trinajstić information content (AvgIpc) is 2.47. The number of ketones is 1. The van der Waals surface area contributed by atoms with Crippen molar-refractivity contribution >= 4 is 35.1 Å². The molecule has 3 rings (SSSR count). The first-order valence-corrected chi connectivity index (χ1v) is 8.16. The van der Waals surface area contributed by atoms with Crippen molar-refractivity contribution in [2.75, 3.05) is 0 Å². The second-order valence-electron chi connectivity index (χ2n) is 6.29. The van der Waals surface area contributed by atoms with E-state index in [1.54, 1.807) is 12.1 Å². The number of carbonyl (C=O) groups excluding carboxylic acids is 1. The third-order valence-corrected chi connectivity index (χ3v) is 5.31. The van der Waals surface area contributed by atoms with Gasteiger partial charge < -0.3 is 0 Å². The molecule has 0 spiro atoms. The van der Waals surface area contributed by atoms with Crippen molar-refractivity contribution < 1.29 is 14.6 Å². The summed E-state index contributed by atoms with van der Waals surface area (Å²) < 4.78 is 0. The lowest BCUT2D eigenvalue weighted by atomic mass is 9.71. The molecule has 22 heavy (non-hydrogen) atoms. The van der Waals surface area contributed by atoms with Gasteiger partial charge in [-0.1, -0.05) is 42.3 Å². The van der Waals surface area contributed by atoms with Gasteiger partial charge >= 0.3 is 0 Å². The Morgan fingerprint density at radius 1 is 1.36 bits per heavy atom. The van der Waals surface area contributed by atoms with E-state index in [-0.39, 0.29) is 23.7 Å². The fourth-order valence-electron chi connectivity index (χ4n) is 3.05. The monoisotopic (exact) mass is 340 g/mol. The largest absolute Gasteiger partial charge is 0.299 e. The van der Waals surface area contributed by atoms with Crippen LogP contribution in [-0.2, 0) is 14.6 Å². The Balaban J connectivity index is 1.82. The molecular weight excluding hydrogens is 323 g/mol. The highest BCUT2D eigenvalue weighted by molar-refractivity contribution is 6.35. The zero-order valence-electron chi connectivity index (χ0n) is 12.5. The van der Waals surface area contributed by atoms with Gasteiger partial charge in [0, 0.05) is 28.3 Å². The number of hydrogen-bond acceptors (Lipinski definition) is 3. The molecule has 5 heteroatoms. The van der Waals surface area contributed by atoms with Crippen molar-refractivity contribution in [2.24, 2.45) is 11.8 Å². The Kier molecular flexibility index (Phi) is 4.34. The summed E-state index contributed by atoms with van der Waals surface area (Å²) in [5, 5.41) is 1.18. The van der Waals surface area contributed by atoms with Gasteiger partial charge in [0.2, 0.25) is 0 Å². The summed E-state index contributed by atoms with van der Waals surface area (Å²) in [5.74, 6) is 0.279. The number of benzene rings is 1. The second-order valence-corrected chi connectivity index (χ2v) is 7.14. The molecule has 0 N–H and O–H groups in total. The second kappa shape index (κ2) is 5.97. The first-order chi connectivity index (χ1) is 10.4. The van der Waals surface area contributed by atoms with Crippen molar-refractivity contribution in [1.82, 2.24) is 0 Å². The maximum absolute atomic E-state index is 12.1. The van der Waals surface area contributed by atoms with E-state index in [0.717, 1.165) is 12.0 Å². The number of fused-ring (bicyclic) bond motifs is 2. The molecule has 0 aromatic heterocycles. The predicted molar refractivity (Wildman–Crippen MR) is 86.8 cm³/mol. The van der Waals surface area contributed by atoms with Crippen LogP contribution < -0.4 is 0 Å². The lowest BCUT2D eigenvalue weighted by Crippen LogP contribution is -2.51. The van der Waals surface area contributed by atoms with Crippen LogP contribution in [0.1, 0.15) is 32.3 Å². The maximum atomic E-state index is 12.1. The van der Waals surface area contributed by atoms with E-state index in [4.69, 9.17) is 33.0 Å². The summed E-state index contributed by atoms with van der Waals surface area (Å²) in [7, 11) is 0. The van der Waals surface area contributed by atoms with Gasteiger partial charge in [-0.2, -0.15) is 0 Å². The molecule has 0 radical (unpaired) electrons. The molecule has 2 bridgehead atoms. The zero-order chi connectivity index (χ0) is 15.9. The molecule has 2 aliphatic rings. The summed E-state index contributed by atoms with van der Waals surface area (Å²) in [4.78, 5) is 23.2. The molecule has 1 saturated carbocycles. The Hall–Kier alpha value is -0.870. The van der Waals surface area contributed by atoms with Gasteiger partial charge in [0.05, 0.1) is 0 Å².